The molecule has 0 aromatic carbocycles. The van der Waals surface area contributed by atoms with Crippen LogP contribution in [0.1, 0.15) is 45.4 Å². The van der Waals surface area contributed by atoms with Gasteiger partial charge in [0.25, 0.3) is 0 Å². The lowest BCUT2D eigenvalue weighted by Crippen LogP contribution is -2.50. The zero-order valence-corrected chi connectivity index (χ0v) is 12.4. The SMILES string of the molecule is CC1CCC(C2CCC(C(F)(F)C(F)(F)F)C(F)C2)C(F)C1. The standard InChI is InChI=1S/C15H21F7/c1-8-2-4-10(12(16)6-8)9-3-5-11(13(17)7-9)14(18,19)15(20,21)22/h8-13H,2-7H2,1H3. The molecule has 0 nitrogen and oxygen atoms in total. The van der Waals surface area contributed by atoms with Crippen LogP contribution in [0, 0.1) is 23.7 Å². The van der Waals surface area contributed by atoms with Gasteiger partial charge >= 0.3 is 12.1 Å². The highest BCUT2D eigenvalue weighted by molar-refractivity contribution is 4.95. The lowest BCUT2D eigenvalue weighted by Gasteiger charge is -2.42. The van der Waals surface area contributed by atoms with Crippen LogP contribution in [0.15, 0.2) is 0 Å². The Balaban J connectivity index is 2.01. The molecular formula is C15H21F7. The smallest absolute Gasteiger partial charge is 0.247 e. The first-order valence-corrected chi connectivity index (χ1v) is 7.76. The van der Waals surface area contributed by atoms with Gasteiger partial charge in [-0.2, -0.15) is 22.0 Å². The summed E-state index contributed by atoms with van der Waals surface area (Å²) < 4.78 is 91.8. The lowest BCUT2D eigenvalue weighted by atomic mass is 9.67. The van der Waals surface area contributed by atoms with E-state index >= 15 is 0 Å². The summed E-state index contributed by atoms with van der Waals surface area (Å²) in [5.41, 5.74) is 0. The second-order valence-corrected chi connectivity index (χ2v) is 6.91. The molecule has 2 aliphatic rings. The Labute approximate surface area is 125 Å². The summed E-state index contributed by atoms with van der Waals surface area (Å²) in [6.45, 7) is 1.92. The highest BCUT2D eigenvalue weighted by Crippen LogP contribution is 2.51. The zero-order valence-electron chi connectivity index (χ0n) is 12.4. The van der Waals surface area contributed by atoms with Crippen molar-refractivity contribution in [1.82, 2.24) is 0 Å². The summed E-state index contributed by atoms with van der Waals surface area (Å²) in [6.07, 6.45) is -8.27. The molecule has 6 unspecified atom stereocenters. The molecule has 0 aromatic rings. The van der Waals surface area contributed by atoms with Crippen LogP contribution < -0.4 is 0 Å². The van der Waals surface area contributed by atoms with Crippen LogP contribution in [0.2, 0.25) is 0 Å². The van der Waals surface area contributed by atoms with E-state index in [4.69, 9.17) is 0 Å². The van der Waals surface area contributed by atoms with Gasteiger partial charge in [-0.15, -0.1) is 0 Å². The third-order valence-corrected chi connectivity index (χ3v) is 5.35. The highest BCUT2D eigenvalue weighted by atomic mass is 19.4. The lowest BCUT2D eigenvalue weighted by molar-refractivity contribution is -0.313. The summed E-state index contributed by atoms with van der Waals surface area (Å²) in [6, 6.07) is 0. The van der Waals surface area contributed by atoms with Gasteiger partial charge in [-0.1, -0.05) is 13.3 Å². The Kier molecular flexibility index (Phi) is 5.03. The molecule has 0 heterocycles. The fraction of sp³-hybridized carbons (Fsp3) is 1.00. The van der Waals surface area contributed by atoms with E-state index in [1.165, 1.54) is 0 Å². The Hall–Kier alpha value is -0.490. The zero-order chi connectivity index (χ0) is 16.7. The molecule has 2 rings (SSSR count). The highest BCUT2D eigenvalue weighted by Gasteiger charge is 2.64. The molecule has 0 spiro atoms. The van der Waals surface area contributed by atoms with Crippen LogP contribution >= 0.6 is 0 Å². The molecule has 0 N–H and O–H groups in total. The van der Waals surface area contributed by atoms with E-state index in [1.54, 1.807) is 0 Å². The van der Waals surface area contributed by atoms with E-state index in [-0.39, 0.29) is 12.3 Å². The first-order valence-electron chi connectivity index (χ1n) is 7.76. The molecule has 0 radical (unpaired) electrons. The Morgan fingerprint density at radius 1 is 0.773 bits per heavy atom. The number of rotatable bonds is 2. The van der Waals surface area contributed by atoms with E-state index < -0.39 is 55.0 Å². The van der Waals surface area contributed by atoms with E-state index in [0.29, 0.717) is 12.8 Å². The van der Waals surface area contributed by atoms with Gasteiger partial charge in [0.1, 0.15) is 12.3 Å². The van der Waals surface area contributed by atoms with E-state index in [0.717, 1.165) is 6.42 Å². The Bertz CT molecular complexity index is 379. The molecule has 2 fully saturated rings. The predicted octanol–water partition coefficient (Wildman–Crippen LogP) is 5.71. The number of hydrogen-bond donors (Lipinski definition) is 0. The minimum absolute atomic E-state index is 0.0379. The molecule has 7 heteroatoms. The normalized spacial score (nSPS) is 41.5. The second-order valence-electron chi connectivity index (χ2n) is 6.91. The average molecular weight is 334 g/mol. The molecule has 0 aromatic heterocycles. The quantitative estimate of drug-likeness (QED) is 0.567. The first-order chi connectivity index (χ1) is 10.0. The maximum atomic E-state index is 14.1. The molecule has 6 atom stereocenters. The Morgan fingerprint density at radius 2 is 1.41 bits per heavy atom. The fourth-order valence-corrected chi connectivity index (χ4v) is 4.02. The van der Waals surface area contributed by atoms with E-state index in [9.17, 15) is 30.7 Å². The van der Waals surface area contributed by atoms with Crippen LogP contribution in [0.3, 0.4) is 0 Å². The monoisotopic (exact) mass is 334 g/mol. The molecule has 22 heavy (non-hydrogen) atoms. The molecule has 0 amide bonds. The second kappa shape index (κ2) is 6.19. The summed E-state index contributed by atoms with van der Waals surface area (Å²) >= 11 is 0. The fourth-order valence-electron chi connectivity index (χ4n) is 4.02. The first kappa shape index (κ1) is 17.9. The van der Waals surface area contributed by atoms with Crippen molar-refractivity contribution in [3.8, 4) is 0 Å². The summed E-state index contributed by atoms with van der Waals surface area (Å²) in [5.74, 6) is -7.97. The van der Waals surface area contributed by atoms with Gasteiger partial charge in [-0.25, -0.2) is 8.78 Å². The van der Waals surface area contributed by atoms with Gasteiger partial charge in [0.15, 0.2) is 0 Å². The van der Waals surface area contributed by atoms with Gasteiger partial charge < -0.3 is 0 Å². The van der Waals surface area contributed by atoms with Crippen molar-refractivity contribution in [1.29, 1.82) is 0 Å². The van der Waals surface area contributed by atoms with Crippen LogP contribution in [0.25, 0.3) is 0 Å². The maximum absolute atomic E-state index is 14.1. The average Bonchev–Trinajstić information content (AvgIpc) is 2.36. The molecule has 2 saturated carbocycles. The van der Waals surface area contributed by atoms with Crippen molar-refractivity contribution in [3.05, 3.63) is 0 Å². The van der Waals surface area contributed by atoms with Crippen LogP contribution in [0.5, 0.6) is 0 Å². The van der Waals surface area contributed by atoms with Crippen molar-refractivity contribution in [3.63, 3.8) is 0 Å². The minimum atomic E-state index is -5.74. The summed E-state index contributed by atoms with van der Waals surface area (Å²) in [4.78, 5) is 0. The van der Waals surface area contributed by atoms with Gasteiger partial charge in [0, 0.05) is 0 Å². The number of hydrogen-bond acceptors (Lipinski definition) is 0. The van der Waals surface area contributed by atoms with Crippen molar-refractivity contribution in [2.75, 3.05) is 0 Å². The largest absolute Gasteiger partial charge is 0.453 e. The van der Waals surface area contributed by atoms with Crippen LogP contribution in [-0.2, 0) is 0 Å². The molecule has 130 valence electrons. The van der Waals surface area contributed by atoms with Gasteiger partial charge in [-0.3, -0.25) is 0 Å². The Morgan fingerprint density at radius 3 is 1.91 bits per heavy atom. The van der Waals surface area contributed by atoms with Crippen LogP contribution in [0.4, 0.5) is 30.7 Å². The van der Waals surface area contributed by atoms with E-state index in [1.807, 2.05) is 6.92 Å². The third kappa shape index (κ3) is 3.37. The van der Waals surface area contributed by atoms with Gasteiger partial charge in [0.2, 0.25) is 0 Å². The van der Waals surface area contributed by atoms with Gasteiger partial charge in [-0.05, 0) is 49.9 Å². The van der Waals surface area contributed by atoms with Crippen molar-refractivity contribution in [2.45, 2.75) is 69.9 Å². The van der Waals surface area contributed by atoms with Crippen molar-refractivity contribution >= 4 is 0 Å². The molecule has 2 aliphatic carbocycles. The molecule has 0 aliphatic heterocycles. The summed E-state index contributed by atoms with van der Waals surface area (Å²) in [5, 5.41) is 0. The minimum Gasteiger partial charge on any atom is -0.247 e. The topological polar surface area (TPSA) is 0 Å². The third-order valence-electron chi connectivity index (χ3n) is 5.35. The van der Waals surface area contributed by atoms with Crippen LogP contribution in [-0.4, -0.2) is 24.4 Å². The van der Waals surface area contributed by atoms with Gasteiger partial charge in [0.05, 0.1) is 5.92 Å². The number of alkyl halides is 7. The number of halogens is 7. The molecule has 0 saturated heterocycles. The maximum Gasteiger partial charge on any atom is 0.453 e. The summed E-state index contributed by atoms with van der Waals surface area (Å²) in [7, 11) is 0. The molecule has 0 bridgehead atoms. The van der Waals surface area contributed by atoms with E-state index in [2.05, 4.69) is 0 Å². The van der Waals surface area contributed by atoms with Crippen molar-refractivity contribution < 1.29 is 30.7 Å². The molecular weight excluding hydrogens is 313 g/mol. The predicted molar refractivity (Wildman–Crippen MR) is 68.1 cm³/mol. The van der Waals surface area contributed by atoms with Crippen molar-refractivity contribution in [2.24, 2.45) is 23.7 Å².